The highest BCUT2D eigenvalue weighted by atomic mass is 79.9. The second-order valence-corrected chi connectivity index (χ2v) is 6.78. The Labute approximate surface area is 108 Å². The van der Waals surface area contributed by atoms with Crippen LogP contribution in [0.3, 0.4) is 0 Å². The van der Waals surface area contributed by atoms with Gasteiger partial charge in [0, 0.05) is 15.6 Å². The Morgan fingerprint density at radius 2 is 1.76 bits per heavy atom. The van der Waals surface area contributed by atoms with E-state index in [9.17, 15) is 8.42 Å². The monoisotopic (exact) mass is 308 g/mol. The molecule has 0 spiro atoms. The third-order valence-electron chi connectivity index (χ3n) is 3.03. The minimum atomic E-state index is -3.36. The molecule has 0 unspecified atom stereocenters. The highest BCUT2D eigenvalue weighted by Crippen LogP contribution is 2.47. The first-order valence-corrected chi connectivity index (χ1v) is 7.44. The van der Waals surface area contributed by atoms with Gasteiger partial charge in [0.1, 0.15) is 0 Å². The molecule has 4 heteroatoms. The molecule has 0 amide bonds. The van der Waals surface area contributed by atoms with Crippen molar-refractivity contribution in [3.05, 3.63) is 46.4 Å². The Kier molecular flexibility index (Phi) is 2.22. The van der Waals surface area contributed by atoms with Crippen LogP contribution in [0.1, 0.15) is 5.56 Å². The Balaban J connectivity index is 2.57. The molecule has 17 heavy (non-hydrogen) atoms. The van der Waals surface area contributed by atoms with Gasteiger partial charge in [0.25, 0.3) is 0 Å². The molecule has 86 valence electrons. The summed E-state index contributed by atoms with van der Waals surface area (Å²) < 4.78 is 25.5. The summed E-state index contributed by atoms with van der Waals surface area (Å²) in [6.07, 6.45) is 0. The average Bonchev–Trinajstić information content (AvgIpc) is 2.50. The second-order valence-electron chi connectivity index (χ2n) is 4.07. The number of fused-ring (bicyclic) bond motifs is 3. The maximum absolute atomic E-state index is 12.4. The van der Waals surface area contributed by atoms with Crippen LogP contribution in [0.4, 0.5) is 0 Å². The Morgan fingerprint density at radius 1 is 1.06 bits per heavy atom. The number of hydrogen-bond donors (Lipinski definition) is 0. The predicted octanol–water partition coefficient (Wildman–Crippen LogP) is 3.57. The minimum Gasteiger partial charge on any atom is -0.218 e. The molecule has 0 bridgehead atoms. The zero-order valence-corrected chi connectivity index (χ0v) is 11.5. The van der Waals surface area contributed by atoms with Crippen LogP contribution in [-0.2, 0) is 9.84 Å². The van der Waals surface area contributed by atoms with E-state index in [2.05, 4.69) is 15.9 Å². The normalized spacial score (nSPS) is 15.4. The molecule has 2 nitrogen and oxygen atoms in total. The van der Waals surface area contributed by atoms with Gasteiger partial charge in [0.2, 0.25) is 9.84 Å². The fourth-order valence-corrected chi connectivity index (χ4v) is 5.11. The maximum Gasteiger partial charge on any atom is 0.208 e. The van der Waals surface area contributed by atoms with Crippen LogP contribution in [0.5, 0.6) is 0 Å². The summed E-state index contributed by atoms with van der Waals surface area (Å²) in [7, 11) is -3.36. The van der Waals surface area contributed by atoms with Crippen LogP contribution in [0.25, 0.3) is 11.1 Å². The van der Waals surface area contributed by atoms with E-state index in [4.69, 9.17) is 0 Å². The fourth-order valence-electron chi connectivity index (χ4n) is 2.30. The molecule has 0 saturated heterocycles. The van der Waals surface area contributed by atoms with Crippen molar-refractivity contribution in [3.8, 4) is 11.1 Å². The van der Waals surface area contributed by atoms with E-state index in [0.717, 1.165) is 16.7 Å². The molecule has 1 aliphatic heterocycles. The SMILES string of the molecule is Cc1cccc2c1-c1cccc(Br)c1S2(=O)=O. The van der Waals surface area contributed by atoms with E-state index in [1.165, 1.54) is 0 Å². The van der Waals surface area contributed by atoms with Gasteiger partial charge in [-0.05, 0) is 40.5 Å². The molecule has 2 aromatic rings. The van der Waals surface area contributed by atoms with Crippen molar-refractivity contribution in [1.82, 2.24) is 0 Å². The van der Waals surface area contributed by atoms with Crippen LogP contribution in [0, 0.1) is 6.92 Å². The summed E-state index contributed by atoms with van der Waals surface area (Å²) in [6.45, 7) is 1.93. The lowest BCUT2D eigenvalue weighted by Crippen LogP contribution is -1.97. The van der Waals surface area contributed by atoms with Crippen LogP contribution in [-0.4, -0.2) is 8.42 Å². The lowest BCUT2D eigenvalue weighted by Gasteiger charge is -2.02. The molecule has 3 rings (SSSR count). The van der Waals surface area contributed by atoms with Crippen molar-refractivity contribution in [1.29, 1.82) is 0 Å². The van der Waals surface area contributed by atoms with Crippen LogP contribution >= 0.6 is 15.9 Å². The minimum absolute atomic E-state index is 0.393. The summed E-state index contributed by atoms with van der Waals surface area (Å²) in [5, 5.41) is 0. The summed E-state index contributed by atoms with van der Waals surface area (Å²) in [4.78, 5) is 0.809. The van der Waals surface area contributed by atoms with Gasteiger partial charge in [0.15, 0.2) is 0 Å². The highest BCUT2D eigenvalue weighted by Gasteiger charge is 2.35. The molecule has 1 heterocycles. The van der Waals surface area contributed by atoms with Gasteiger partial charge in [-0.1, -0.05) is 24.3 Å². The Morgan fingerprint density at radius 3 is 2.53 bits per heavy atom. The predicted molar refractivity (Wildman–Crippen MR) is 69.8 cm³/mol. The standard InChI is InChI=1S/C13H9BrO2S/c1-8-4-2-7-11-12(8)9-5-3-6-10(14)13(9)17(11,15)16/h2-7H,1H3. The highest BCUT2D eigenvalue weighted by molar-refractivity contribution is 9.10. The van der Waals surface area contributed by atoms with E-state index in [0.29, 0.717) is 14.3 Å². The zero-order chi connectivity index (χ0) is 12.2. The van der Waals surface area contributed by atoms with Gasteiger partial charge in [-0.25, -0.2) is 8.42 Å². The smallest absolute Gasteiger partial charge is 0.208 e. The molecule has 2 aromatic carbocycles. The number of benzene rings is 2. The molecule has 0 saturated carbocycles. The van der Waals surface area contributed by atoms with Crippen molar-refractivity contribution in [2.45, 2.75) is 16.7 Å². The molecular formula is C13H9BrO2S. The van der Waals surface area contributed by atoms with Crippen LogP contribution < -0.4 is 0 Å². The third kappa shape index (κ3) is 1.34. The fraction of sp³-hybridized carbons (Fsp3) is 0.0769. The van der Waals surface area contributed by atoms with Crippen molar-refractivity contribution in [3.63, 3.8) is 0 Å². The molecule has 0 radical (unpaired) electrons. The molecule has 0 aliphatic carbocycles. The van der Waals surface area contributed by atoms with Gasteiger partial charge in [-0.15, -0.1) is 0 Å². The summed E-state index contributed by atoms with van der Waals surface area (Å²) in [6, 6.07) is 10.9. The maximum atomic E-state index is 12.4. The lowest BCUT2D eigenvalue weighted by atomic mass is 10.0. The van der Waals surface area contributed by atoms with Crippen molar-refractivity contribution >= 4 is 25.8 Å². The summed E-state index contributed by atoms with van der Waals surface area (Å²) >= 11 is 3.33. The molecule has 0 N–H and O–H groups in total. The Bertz CT molecular complexity index is 733. The topological polar surface area (TPSA) is 34.1 Å². The van der Waals surface area contributed by atoms with Crippen molar-refractivity contribution in [2.75, 3.05) is 0 Å². The number of sulfone groups is 1. The van der Waals surface area contributed by atoms with E-state index >= 15 is 0 Å². The molecule has 0 aromatic heterocycles. The molecule has 0 atom stereocenters. The van der Waals surface area contributed by atoms with E-state index < -0.39 is 9.84 Å². The Hall–Kier alpha value is -1.13. The second kappa shape index (κ2) is 3.43. The van der Waals surface area contributed by atoms with E-state index in [1.807, 2.05) is 25.1 Å². The third-order valence-corrected chi connectivity index (χ3v) is 5.85. The first-order valence-electron chi connectivity index (χ1n) is 5.17. The number of aryl methyl sites for hydroxylation is 1. The quantitative estimate of drug-likeness (QED) is 0.636. The van der Waals surface area contributed by atoms with Crippen molar-refractivity contribution < 1.29 is 8.42 Å². The molecule has 0 fully saturated rings. The van der Waals surface area contributed by atoms with Gasteiger partial charge >= 0.3 is 0 Å². The van der Waals surface area contributed by atoms with E-state index in [-0.39, 0.29) is 0 Å². The lowest BCUT2D eigenvalue weighted by molar-refractivity contribution is 0.598. The number of rotatable bonds is 0. The van der Waals surface area contributed by atoms with Gasteiger partial charge in [-0.3, -0.25) is 0 Å². The zero-order valence-electron chi connectivity index (χ0n) is 9.07. The van der Waals surface area contributed by atoms with Gasteiger partial charge in [0.05, 0.1) is 9.79 Å². The van der Waals surface area contributed by atoms with Crippen LogP contribution in [0.15, 0.2) is 50.7 Å². The summed E-state index contributed by atoms with van der Waals surface area (Å²) in [5.74, 6) is 0. The summed E-state index contributed by atoms with van der Waals surface area (Å²) in [5.41, 5.74) is 2.62. The first-order chi connectivity index (χ1) is 8.03. The largest absolute Gasteiger partial charge is 0.218 e. The molecular weight excluding hydrogens is 300 g/mol. The van der Waals surface area contributed by atoms with E-state index in [1.54, 1.807) is 18.2 Å². The van der Waals surface area contributed by atoms with Crippen LogP contribution in [0.2, 0.25) is 0 Å². The van der Waals surface area contributed by atoms with Crippen molar-refractivity contribution in [2.24, 2.45) is 0 Å². The van der Waals surface area contributed by atoms with Gasteiger partial charge in [-0.2, -0.15) is 0 Å². The van der Waals surface area contributed by atoms with Gasteiger partial charge < -0.3 is 0 Å². The molecule has 1 aliphatic rings. The first kappa shape index (κ1) is 11.0. The average molecular weight is 309 g/mol. The number of halogens is 1. The number of hydrogen-bond acceptors (Lipinski definition) is 2.